The van der Waals surface area contributed by atoms with Gasteiger partial charge in [-0.05, 0) is 29.8 Å². The highest BCUT2D eigenvalue weighted by molar-refractivity contribution is 7.92. The minimum absolute atomic E-state index is 0.0237. The molecule has 2 aromatic rings. The quantitative estimate of drug-likeness (QED) is 0.901. The maximum atomic E-state index is 12.3. The largest absolute Gasteiger partial charge is 0.326 e. The van der Waals surface area contributed by atoms with Crippen LogP contribution in [-0.4, -0.2) is 13.4 Å². The zero-order chi connectivity index (χ0) is 14.8. The van der Waals surface area contributed by atoms with Crippen LogP contribution in [0.4, 0.5) is 5.82 Å². The van der Waals surface area contributed by atoms with Gasteiger partial charge in [0.1, 0.15) is 10.7 Å². The van der Waals surface area contributed by atoms with Gasteiger partial charge in [0.25, 0.3) is 10.0 Å². The highest BCUT2D eigenvalue weighted by Gasteiger charge is 2.20. The normalized spacial score (nSPS) is 11.3. The Bertz CT molecular complexity index is 721. The van der Waals surface area contributed by atoms with Crippen LogP contribution < -0.4 is 10.5 Å². The minimum atomic E-state index is -3.85. The molecule has 2 rings (SSSR count). The van der Waals surface area contributed by atoms with Gasteiger partial charge in [-0.1, -0.05) is 29.3 Å². The molecular weight excluding hydrogens is 321 g/mol. The first-order valence-electron chi connectivity index (χ1n) is 5.56. The molecule has 0 aliphatic carbocycles. The van der Waals surface area contributed by atoms with Crippen molar-refractivity contribution in [1.29, 1.82) is 0 Å². The van der Waals surface area contributed by atoms with E-state index in [1.165, 1.54) is 24.4 Å². The van der Waals surface area contributed by atoms with Crippen molar-refractivity contribution in [2.45, 2.75) is 11.4 Å². The Hall–Kier alpha value is -1.34. The lowest BCUT2D eigenvalue weighted by atomic mass is 10.2. The maximum Gasteiger partial charge on any atom is 0.264 e. The molecule has 1 aromatic carbocycles. The third-order valence-corrected chi connectivity index (χ3v) is 4.69. The van der Waals surface area contributed by atoms with Crippen LogP contribution in [0, 0.1) is 0 Å². The number of sulfonamides is 1. The van der Waals surface area contributed by atoms with E-state index >= 15 is 0 Å². The Morgan fingerprint density at radius 1 is 1.20 bits per heavy atom. The number of nitrogens with two attached hydrogens (primary N) is 1. The van der Waals surface area contributed by atoms with Crippen LogP contribution in [0.15, 0.2) is 41.4 Å². The van der Waals surface area contributed by atoms with Gasteiger partial charge in [0.15, 0.2) is 0 Å². The topological polar surface area (TPSA) is 85.1 Å². The lowest BCUT2D eigenvalue weighted by Crippen LogP contribution is -2.15. The van der Waals surface area contributed by atoms with Gasteiger partial charge in [-0.25, -0.2) is 13.4 Å². The van der Waals surface area contributed by atoms with Crippen molar-refractivity contribution in [3.8, 4) is 0 Å². The van der Waals surface area contributed by atoms with Crippen molar-refractivity contribution in [3.05, 3.63) is 52.1 Å². The SMILES string of the molecule is NCc1cc(S(=O)(=O)Nc2ccccn2)c(Cl)cc1Cl. The zero-order valence-electron chi connectivity index (χ0n) is 10.2. The van der Waals surface area contributed by atoms with Crippen molar-refractivity contribution in [2.75, 3.05) is 4.72 Å². The first kappa shape index (κ1) is 15.1. The number of hydrogen-bond donors (Lipinski definition) is 2. The Kier molecular flexibility index (Phi) is 4.49. The third kappa shape index (κ3) is 3.21. The summed E-state index contributed by atoms with van der Waals surface area (Å²) in [5, 5.41) is 0.352. The Labute approximate surface area is 126 Å². The molecule has 0 radical (unpaired) electrons. The van der Waals surface area contributed by atoms with Crippen LogP contribution in [0.3, 0.4) is 0 Å². The van der Waals surface area contributed by atoms with E-state index in [1.807, 2.05) is 0 Å². The molecule has 1 heterocycles. The first-order chi connectivity index (χ1) is 9.44. The number of anilines is 1. The minimum Gasteiger partial charge on any atom is -0.326 e. The number of benzene rings is 1. The molecule has 5 nitrogen and oxygen atoms in total. The fourth-order valence-corrected chi connectivity index (χ4v) is 3.43. The van der Waals surface area contributed by atoms with Gasteiger partial charge in [0, 0.05) is 17.8 Å². The number of nitrogens with zero attached hydrogens (tertiary/aromatic N) is 1. The summed E-state index contributed by atoms with van der Waals surface area (Å²) in [5.41, 5.74) is 6.01. The van der Waals surface area contributed by atoms with E-state index in [0.29, 0.717) is 10.6 Å². The highest BCUT2D eigenvalue weighted by Crippen LogP contribution is 2.29. The van der Waals surface area contributed by atoms with E-state index in [0.717, 1.165) is 0 Å². The van der Waals surface area contributed by atoms with E-state index in [-0.39, 0.29) is 22.3 Å². The van der Waals surface area contributed by atoms with E-state index < -0.39 is 10.0 Å². The Balaban J connectivity index is 2.44. The summed E-state index contributed by atoms with van der Waals surface area (Å²) in [4.78, 5) is 3.81. The molecule has 0 saturated carbocycles. The lowest BCUT2D eigenvalue weighted by Gasteiger charge is -2.11. The summed E-state index contributed by atoms with van der Waals surface area (Å²) in [5.74, 6) is 0.202. The van der Waals surface area contributed by atoms with Crippen molar-refractivity contribution < 1.29 is 8.42 Å². The van der Waals surface area contributed by atoms with Crippen molar-refractivity contribution in [2.24, 2.45) is 5.73 Å². The molecule has 0 bridgehead atoms. The highest BCUT2D eigenvalue weighted by atomic mass is 35.5. The van der Waals surface area contributed by atoms with Crippen molar-refractivity contribution in [1.82, 2.24) is 4.98 Å². The molecule has 106 valence electrons. The van der Waals surface area contributed by atoms with Crippen molar-refractivity contribution in [3.63, 3.8) is 0 Å². The molecule has 1 aromatic heterocycles. The predicted octanol–water partition coefficient (Wildman–Crippen LogP) is 2.65. The second-order valence-corrected chi connectivity index (χ2v) is 6.36. The van der Waals surface area contributed by atoms with Gasteiger partial charge >= 0.3 is 0 Å². The number of rotatable bonds is 4. The molecule has 3 N–H and O–H groups in total. The molecule has 0 aliphatic rings. The third-order valence-electron chi connectivity index (χ3n) is 2.51. The number of pyridine rings is 1. The van der Waals surface area contributed by atoms with Gasteiger partial charge in [0.2, 0.25) is 0 Å². The zero-order valence-corrected chi connectivity index (χ0v) is 12.5. The molecule has 0 atom stereocenters. The maximum absolute atomic E-state index is 12.3. The summed E-state index contributed by atoms with van der Waals surface area (Å²) in [6.07, 6.45) is 1.48. The molecule has 0 spiro atoms. The van der Waals surface area contributed by atoms with Gasteiger partial charge in [0.05, 0.1) is 5.02 Å². The van der Waals surface area contributed by atoms with Crippen LogP contribution in [0.2, 0.25) is 10.0 Å². The molecule has 0 unspecified atom stereocenters. The van der Waals surface area contributed by atoms with E-state index in [9.17, 15) is 8.42 Å². The summed E-state index contributed by atoms with van der Waals surface area (Å²) in [7, 11) is -3.85. The fourth-order valence-electron chi connectivity index (χ4n) is 1.55. The van der Waals surface area contributed by atoms with Gasteiger partial charge < -0.3 is 5.73 Å². The number of aromatic nitrogens is 1. The molecular formula is C12H11Cl2N3O2S. The smallest absolute Gasteiger partial charge is 0.264 e. The monoisotopic (exact) mass is 331 g/mol. The summed E-state index contributed by atoms with van der Waals surface area (Å²) >= 11 is 11.9. The second-order valence-electron chi connectivity index (χ2n) is 3.90. The van der Waals surface area contributed by atoms with E-state index in [1.54, 1.807) is 12.1 Å². The van der Waals surface area contributed by atoms with Crippen molar-refractivity contribution >= 4 is 39.0 Å². The standard InChI is InChI=1S/C12H11Cl2N3O2S/c13-9-6-10(14)11(5-8(9)7-15)20(18,19)17-12-3-1-2-4-16-12/h1-6H,7,15H2,(H,16,17). The van der Waals surface area contributed by atoms with Gasteiger partial charge in [-0.2, -0.15) is 0 Å². The molecule has 0 fully saturated rings. The van der Waals surface area contributed by atoms with Crippen LogP contribution in [0.5, 0.6) is 0 Å². The number of nitrogens with one attached hydrogen (secondary N) is 1. The average Bonchev–Trinajstić information content (AvgIpc) is 2.39. The summed E-state index contributed by atoms with van der Waals surface area (Å²) in [6, 6.07) is 7.60. The Morgan fingerprint density at radius 2 is 1.95 bits per heavy atom. The number of hydrogen-bond acceptors (Lipinski definition) is 4. The molecule has 0 aliphatic heterocycles. The summed E-state index contributed by atoms with van der Waals surface area (Å²) < 4.78 is 26.9. The molecule has 0 amide bonds. The Morgan fingerprint density at radius 3 is 2.55 bits per heavy atom. The number of halogens is 2. The summed E-state index contributed by atoms with van der Waals surface area (Å²) in [6.45, 7) is 0.113. The van der Waals surface area contributed by atoms with Crippen LogP contribution in [0.25, 0.3) is 0 Å². The fraction of sp³-hybridized carbons (Fsp3) is 0.0833. The van der Waals surface area contributed by atoms with Gasteiger partial charge in [-0.3, -0.25) is 4.72 Å². The first-order valence-corrected chi connectivity index (χ1v) is 7.80. The predicted molar refractivity (Wildman–Crippen MR) is 79.4 cm³/mol. The van der Waals surface area contributed by atoms with E-state index in [4.69, 9.17) is 28.9 Å². The molecule has 8 heteroatoms. The molecule has 20 heavy (non-hydrogen) atoms. The second kappa shape index (κ2) is 5.97. The average molecular weight is 332 g/mol. The van der Waals surface area contributed by atoms with Crippen LogP contribution in [0.1, 0.15) is 5.56 Å². The van der Waals surface area contributed by atoms with Gasteiger partial charge in [-0.15, -0.1) is 0 Å². The van der Waals surface area contributed by atoms with Crippen LogP contribution in [-0.2, 0) is 16.6 Å². The molecule has 0 saturated heterocycles. The lowest BCUT2D eigenvalue weighted by molar-refractivity contribution is 0.601. The van der Waals surface area contributed by atoms with E-state index in [2.05, 4.69) is 9.71 Å². The van der Waals surface area contributed by atoms with Crippen LogP contribution >= 0.6 is 23.2 Å².